The molecule has 94 valence electrons. The van der Waals surface area contributed by atoms with Gasteiger partial charge in [-0.1, -0.05) is 18.2 Å². The van der Waals surface area contributed by atoms with Gasteiger partial charge in [-0.25, -0.2) is 0 Å². The summed E-state index contributed by atoms with van der Waals surface area (Å²) in [6.07, 6.45) is 0.962. The van der Waals surface area contributed by atoms with E-state index in [-0.39, 0.29) is 6.04 Å². The number of rotatable bonds is 2. The van der Waals surface area contributed by atoms with Crippen LogP contribution in [0, 0.1) is 6.92 Å². The summed E-state index contributed by atoms with van der Waals surface area (Å²) in [6.45, 7) is 3.65. The predicted octanol–water partition coefficient (Wildman–Crippen LogP) is 2.48. The molecule has 2 heterocycles. The van der Waals surface area contributed by atoms with Crippen LogP contribution >= 0.6 is 0 Å². The summed E-state index contributed by atoms with van der Waals surface area (Å²) >= 11 is 0. The largest absolute Gasteiger partial charge is 0.464 e. The number of para-hydroxylation sites is 1. The molecule has 0 saturated heterocycles. The number of hydrogen-bond donors (Lipinski definition) is 1. The maximum absolute atomic E-state index is 6.13. The zero-order chi connectivity index (χ0) is 12.5. The average molecular weight is 242 g/mol. The van der Waals surface area contributed by atoms with E-state index in [2.05, 4.69) is 29.2 Å². The lowest BCUT2D eigenvalue weighted by molar-refractivity contribution is 0.469. The van der Waals surface area contributed by atoms with Crippen molar-refractivity contribution in [3.63, 3.8) is 0 Å². The molecule has 2 N–H and O–H groups in total. The van der Waals surface area contributed by atoms with Crippen molar-refractivity contribution in [3.8, 4) is 0 Å². The van der Waals surface area contributed by atoms with Crippen LogP contribution in [0.5, 0.6) is 0 Å². The summed E-state index contributed by atoms with van der Waals surface area (Å²) in [7, 11) is 0. The molecule has 1 aliphatic rings. The van der Waals surface area contributed by atoms with Gasteiger partial charge in [-0.2, -0.15) is 0 Å². The molecule has 3 nitrogen and oxygen atoms in total. The van der Waals surface area contributed by atoms with E-state index >= 15 is 0 Å². The number of fused-ring (bicyclic) bond motifs is 1. The van der Waals surface area contributed by atoms with Crippen molar-refractivity contribution in [2.45, 2.75) is 25.9 Å². The molecule has 0 amide bonds. The third-order valence-corrected chi connectivity index (χ3v) is 3.41. The standard InChI is InChI=1S/C15H18N2O/c1-11-6-7-14(18-11)10-17-9-13(16)8-12-4-2-3-5-15(12)17/h2-7,13H,8-10,16H2,1H3. The lowest BCUT2D eigenvalue weighted by Crippen LogP contribution is -2.42. The highest BCUT2D eigenvalue weighted by Gasteiger charge is 2.22. The van der Waals surface area contributed by atoms with Crippen molar-refractivity contribution >= 4 is 5.69 Å². The van der Waals surface area contributed by atoms with Crippen LogP contribution in [0.2, 0.25) is 0 Å². The molecule has 3 rings (SSSR count). The summed E-state index contributed by atoms with van der Waals surface area (Å²) in [5.41, 5.74) is 8.74. The molecule has 0 radical (unpaired) electrons. The molecular formula is C15H18N2O. The van der Waals surface area contributed by atoms with Crippen molar-refractivity contribution in [1.82, 2.24) is 0 Å². The fraction of sp³-hybridized carbons (Fsp3) is 0.333. The van der Waals surface area contributed by atoms with Gasteiger partial charge in [0, 0.05) is 18.3 Å². The molecule has 0 bridgehead atoms. The van der Waals surface area contributed by atoms with Gasteiger partial charge in [0.2, 0.25) is 0 Å². The topological polar surface area (TPSA) is 42.4 Å². The molecule has 1 aromatic carbocycles. The van der Waals surface area contributed by atoms with Crippen LogP contribution in [0.25, 0.3) is 0 Å². The molecule has 0 aliphatic carbocycles. The quantitative estimate of drug-likeness (QED) is 0.879. The Labute approximate surface area is 107 Å². The number of nitrogens with zero attached hydrogens (tertiary/aromatic N) is 1. The molecule has 0 spiro atoms. The monoisotopic (exact) mass is 242 g/mol. The average Bonchev–Trinajstić information content (AvgIpc) is 2.74. The minimum Gasteiger partial charge on any atom is -0.464 e. The van der Waals surface area contributed by atoms with Crippen molar-refractivity contribution in [3.05, 3.63) is 53.5 Å². The van der Waals surface area contributed by atoms with Gasteiger partial charge >= 0.3 is 0 Å². The molecule has 1 aliphatic heterocycles. The highest BCUT2D eigenvalue weighted by molar-refractivity contribution is 5.56. The number of anilines is 1. The van der Waals surface area contributed by atoms with Gasteiger partial charge in [0.25, 0.3) is 0 Å². The molecule has 18 heavy (non-hydrogen) atoms. The van der Waals surface area contributed by atoms with E-state index in [1.165, 1.54) is 11.3 Å². The zero-order valence-electron chi connectivity index (χ0n) is 10.6. The summed E-state index contributed by atoms with van der Waals surface area (Å²) in [5, 5.41) is 0. The first-order chi connectivity index (χ1) is 8.72. The van der Waals surface area contributed by atoms with Crippen LogP contribution in [-0.2, 0) is 13.0 Å². The molecule has 1 aromatic heterocycles. The molecule has 1 atom stereocenters. The van der Waals surface area contributed by atoms with Gasteiger partial charge in [-0.3, -0.25) is 0 Å². The van der Waals surface area contributed by atoms with Crippen LogP contribution in [0.4, 0.5) is 5.69 Å². The molecule has 0 fully saturated rings. The van der Waals surface area contributed by atoms with Crippen LogP contribution in [0.1, 0.15) is 17.1 Å². The van der Waals surface area contributed by atoms with Gasteiger partial charge in [-0.05, 0) is 37.1 Å². The second-order valence-corrected chi connectivity index (χ2v) is 4.99. The summed E-state index contributed by atoms with van der Waals surface area (Å²) in [5.74, 6) is 1.95. The predicted molar refractivity (Wildman–Crippen MR) is 72.6 cm³/mol. The van der Waals surface area contributed by atoms with Crippen molar-refractivity contribution < 1.29 is 4.42 Å². The fourth-order valence-electron chi connectivity index (χ4n) is 2.63. The Balaban J connectivity index is 1.88. The van der Waals surface area contributed by atoms with Crippen molar-refractivity contribution in [2.75, 3.05) is 11.4 Å². The first-order valence-corrected chi connectivity index (χ1v) is 6.36. The van der Waals surface area contributed by atoms with Gasteiger partial charge in [0.15, 0.2) is 0 Å². The molecule has 0 saturated carbocycles. The lowest BCUT2D eigenvalue weighted by atomic mass is 9.98. The smallest absolute Gasteiger partial charge is 0.123 e. The minimum absolute atomic E-state index is 0.205. The second kappa shape index (κ2) is 4.50. The summed E-state index contributed by atoms with van der Waals surface area (Å²) in [4.78, 5) is 2.31. The number of nitrogens with two attached hydrogens (primary N) is 1. The van der Waals surface area contributed by atoms with Crippen molar-refractivity contribution in [1.29, 1.82) is 0 Å². The number of benzene rings is 1. The van der Waals surface area contributed by atoms with E-state index < -0.39 is 0 Å². The van der Waals surface area contributed by atoms with Crippen molar-refractivity contribution in [2.24, 2.45) is 5.73 Å². The van der Waals surface area contributed by atoms with E-state index in [4.69, 9.17) is 10.2 Å². The third-order valence-electron chi connectivity index (χ3n) is 3.41. The van der Waals surface area contributed by atoms with Gasteiger partial charge in [0.05, 0.1) is 6.54 Å². The van der Waals surface area contributed by atoms with E-state index in [0.717, 1.165) is 31.0 Å². The third kappa shape index (κ3) is 2.14. The molecular weight excluding hydrogens is 224 g/mol. The van der Waals surface area contributed by atoms with E-state index in [0.29, 0.717) is 0 Å². The minimum atomic E-state index is 0.205. The normalized spacial score (nSPS) is 18.8. The highest BCUT2D eigenvalue weighted by Crippen LogP contribution is 2.27. The molecule has 1 unspecified atom stereocenters. The van der Waals surface area contributed by atoms with Gasteiger partial charge in [-0.15, -0.1) is 0 Å². The van der Waals surface area contributed by atoms with Crippen LogP contribution in [-0.4, -0.2) is 12.6 Å². The highest BCUT2D eigenvalue weighted by atomic mass is 16.3. The lowest BCUT2D eigenvalue weighted by Gasteiger charge is -2.34. The first kappa shape index (κ1) is 11.4. The Morgan fingerprint density at radius 1 is 1.28 bits per heavy atom. The summed E-state index contributed by atoms with van der Waals surface area (Å²) < 4.78 is 5.65. The maximum Gasteiger partial charge on any atom is 0.123 e. The molecule has 3 heteroatoms. The fourth-order valence-corrected chi connectivity index (χ4v) is 2.63. The first-order valence-electron chi connectivity index (χ1n) is 6.36. The Hall–Kier alpha value is -1.74. The Morgan fingerprint density at radius 2 is 2.11 bits per heavy atom. The Morgan fingerprint density at radius 3 is 2.89 bits per heavy atom. The number of furan rings is 1. The summed E-state index contributed by atoms with van der Waals surface area (Å²) in [6, 6.07) is 12.7. The number of aryl methyl sites for hydroxylation is 1. The van der Waals surface area contributed by atoms with E-state index in [9.17, 15) is 0 Å². The molecule has 2 aromatic rings. The van der Waals surface area contributed by atoms with Gasteiger partial charge in [0.1, 0.15) is 11.5 Å². The maximum atomic E-state index is 6.13. The Kier molecular flexibility index (Phi) is 2.84. The van der Waals surface area contributed by atoms with Crippen LogP contribution < -0.4 is 10.6 Å². The SMILES string of the molecule is Cc1ccc(CN2CC(N)Cc3ccccc32)o1. The Bertz CT molecular complexity index is 547. The van der Waals surface area contributed by atoms with E-state index in [1.807, 2.05) is 19.1 Å². The van der Waals surface area contributed by atoms with E-state index in [1.54, 1.807) is 0 Å². The second-order valence-electron chi connectivity index (χ2n) is 4.99. The van der Waals surface area contributed by atoms with Crippen LogP contribution in [0.15, 0.2) is 40.8 Å². The number of hydrogen-bond acceptors (Lipinski definition) is 3. The zero-order valence-corrected chi connectivity index (χ0v) is 10.6. The van der Waals surface area contributed by atoms with Crippen LogP contribution in [0.3, 0.4) is 0 Å². The van der Waals surface area contributed by atoms with Gasteiger partial charge < -0.3 is 15.1 Å².